The van der Waals surface area contributed by atoms with Gasteiger partial charge in [-0.3, -0.25) is 4.79 Å². The predicted octanol–water partition coefficient (Wildman–Crippen LogP) is 5.32. The summed E-state index contributed by atoms with van der Waals surface area (Å²) in [6.45, 7) is 1.41. The van der Waals surface area contributed by atoms with Gasteiger partial charge in [0.05, 0.1) is 11.0 Å². The van der Waals surface area contributed by atoms with Gasteiger partial charge in [0.15, 0.2) is 0 Å². The van der Waals surface area contributed by atoms with Crippen LogP contribution in [0.2, 0.25) is 0 Å². The number of aromatic amines is 1. The Morgan fingerprint density at radius 3 is 2.65 bits per heavy atom. The van der Waals surface area contributed by atoms with Crippen molar-refractivity contribution in [2.24, 2.45) is 5.73 Å². The third kappa shape index (κ3) is 3.69. The molecule has 5 nitrogen and oxygen atoms in total. The second-order valence-electron chi connectivity index (χ2n) is 7.55. The summed E-state index contributed by atoms with van der Waals surface area (Å²) < 4.78 is 3.11. The molecule has 0 aliphatic heterocycles. The van der Waals surface area contributed by atoms with E-state index >= 15 is 0 Å². The molecule has 0 radical (unpaired) electrons. The second kappa shape index (κ2) is 8.13. The van der Waals surface area contributed by atoms with Crippen molar-refractivity contribution in [1.29, 1.82) is 0 Å². The number of nitrogens with zero attached hydrogens (tertiary/aromatic N) is 2. The Hall–Kier alpha value is -3.22. The average Bonchev–Trinajstić information content (AvgIpc) is 3.14. The first-order valence-corrected chi connectivity index (χ1v) is 11.0. The lowest BCUT2D eigenvalue weighted by Crippen LogP contribution is -2.11. The number of hydrogen-bond donors (Lipinski definition) is 2. The fourth-order valence-electron chi connectivity index (χ4n) is 3.98. The summed E-state index contributed by atoms with van der Waals surface area (Å²) in [5.74, 6) is 0. The molecule has 0 atom stereocenters. The van der Waals surface area contributed by atoms with Crippen LogP contribution in [0.4, 0.5) is 0 Å². The van der Waals surface area contributed by atoms with Crippen LogP contribution >= 0.6 is 15.9 Å². The molecule has 0 fully saturated rings. The lowest BCUT2D eigenvalue weighted by Gasteiger charge is -2.05. The van der Waals surface area contributed by atoms with Crippen LogP contribution in [0.1, 0.15) is 6.42 Å². The summed E-state index contributed by atoms with van der Waals surface area (Å²) in [7, 11) is 0. The van der Waals surface area contributed by atoms with E-state index in [0.717, 1.165) is 56.1 Å². The number of nitrogens with two attached hydrogens (primary N) is 1. The molecule has 31 heavy (non-hydrogen) atoms. The molecule has 0 bridgehead atoms. The molecule has 2 aromatic heterocycles. The number of nitrogens with one attached hydrogen (secondary N) is 1. The van der Waals surface area contributed by atoms with Crippen molar-refractivity contribution in [2.45, 2.75) is 13.0 Å². The monoisotopic (exact) mass is 472 g/mol. The van der Waals surface area contributed by atoms with Crippen molar-refractivity contribution in [3.8, 4) is 22.4 Å². The van der Waals surface area contributed by atoms with Crippen molar-refractivity contribution in [2.75, 3.05) is 6.54 Å². The van der Waals surface area contributed by atoms with Crippen LogP contribution in [0.25, 0.3) is 44.3 Å². The Kier molecular flexibility index (Phi) is 5.18. The van der Waals surface area contributed by atoms with Gasteiger partial charge in [0.25, 0.3) is 5.56 Å². The van der Waals surface area contributed by atoms with Crippen molar-refractivity contribution in [1.82, 2.24) is 14.5 Å². The van der Waals surface area contributed by atoms with E-state index in [2.05, 4.69) is 43.7 Å². The topological polar surface area (TPSA) is 76.7 Å². The summed E-state index contributed by atoms with van der Waals surface area (Å²) in [6, 6.07) is 22.2. The van der Waals surface area contributed by atoms with Gasteiger partial charge in [-0.2, -0.15) is 0 Å². The highest BCUT2D eigenvalue weighted by molar-refractivity contribution is 9.10. The SMILES string of the molecule is NCCCn1cc(-c2nc3ccc(-c4ccccc4)cc3[nH]c2=O)c2cc(Br)ccc21. The highest BCUT2D eigenvalue weighted by Gasteiger charge is 2.16. The van der Waals surface area contributed by atoms with Crippen molar-refractivity contribution in [3.05, 3.63) is 87.8 Å². The van der Waals surface area contributed by atoms with Crippen molar-refractivity contribution < 1.29 is 0 Å². The smallest absolute Gasteiger partial charge is 0.275 e. The summed E-state index contributed by atoms with van der Waals surface area (Å²) in [4.78, 5) is 20.9. The fraction of sp³-hybridized carbons (Fsp3) is 0.120. The van der Waals surface area contributed by atoms with Crippen molar-refractivity contribution >= 4 is 37.9 Å². The molecule has 0 unspecified atom stereocenters. The molecule has 3 N–H and O–H groups in total. The summed E-state index contributed by atoms with van der Waals surface area (Å²) in [5.41, 5.74) is 11.5. The highest BCUT2D eigenvalue weighted by Crippen LogP contribution is 2.31. The van der Waals surface area contributed by atoms with Crippen LogP contribution in [-0.2, 0) is 6.54 Å². The van der Waals surface area contributed by atoms with Crippen LogP contribution in [0.3, 0.4) is 0 Å². The molecule has 2 heterocycles. The Balaban J connectivity index is 1.67. The first-order valence-electron chi connectivity index (χ1n) is 10.2. The zero-order chi connectivity index (χ0) is 21.4. The van der Waals surface area contributed by atoms with Gasteiger partial charge in [-0.05, 0) is 54.4 Å². The van der Waals surface area contributed by atoms with Gasteiger partial charge in [0.2, 0.25) is 0 Å². The van der Waals surface area contributed by atoms with E-state index in [1.54, 1.807) is 0 Å². The lowest BCUT2D eigenvalue weighted by atomic mass is 10.0. The Morgan fingerprint density at radius 1 is 1.00 bits per heavy atom. The number of rotatable bonds is 5. The first-order chi connectivity index (χ1) is 15.1. The minimum atomic E-state index is -0.199. The van der Waals surface area contributed by atoms with Gasteiger partial charge in [-0.25, -0.2) is 4.98 Å². The van der Waals surface area contributed by atoms with Crippen molar-refractivity contribution in [3.63, 3.8) is 0 Å². The van der Waals surface area contributed by atoms with Gasteiger partial charge in [-0.1, -0.05) is 52.3 Å². The van der Waals surface area contributed by atoms with E-state index in [-0.39, 0.29) is 5.56 Å². The van der Waals surface area contributed by atoms with E-state index < -0.39 is 0 Å². The van der Waals surface area contributed by atoms with E-state index in [1.807, 2.05) is 54.7 Å². The molecular formula is C25H21BrN4O. The summed E-state index contributed by atoms with van der Waals surface area (Å²) in [5, 5.41) is 0.990. The summed E-state index contributed by atoms with van der Waals surface area (Å²) in [6.07, 6.45) is 2.87. The maximum atomic E-state index is 13.1. The molecule has 0 saturated carbocycles. The van der Waals surface area contributed by atoms with Crippen LogP contribution in [0.5, 0.6) is 0 Å². The molecule has 3 aromatic carbocycles. The molecule has 0 amide bonds. The molecule has 0 spiro atoms. The summed E-state index contributed by atoms with van der Waals surface area (Å²) >= 11 is 3.55. The second-order valence-corrected chi connectivity index (χ2v) is 8.47. The fourth-order valence-corrected chi connectivity index (χ4v) is 4.34. The van der Waals surface area contributed by atoms with E-state index in [1.165, 1.54) is 0 Å². The van der Waals surface area contributed by atoms with E-state index in [9.17, 15) is 4.79 Å². The van der Waals surface area contributed by atoms with E-state index in [4.69, 9.17) is 10.7 Å². The van der Waals surface area contributed by atoms with Gasteiger partial charge in [-0.15, -0.1) is 0 Å². The number of hydrogen-bond acceptors (Lipinski definition) is 3. The average molecular weight is 473 g/mol. The van der Waals surface area contributed by atoms with Gasteiger partial charge < -0.3 is 15.3 Å². The third-order valence-electron chi connectivity index (χ3n) is 5.50. The number of H-pyrrole nitrogens is 1. The maximum absolute atomic E-state index is 13.1. The van der Waals surface area contributed by atoms with Crippen LogP contribution in [0, 0.1) is 0 Å². The largest absolute Gasteiger partial charge is 0.347 e. The van der Waals surface area contributed by atoms with Crippen LogP contribution < -0.4 is 11.3 Å². The molecule has 5 rings (SSSR count). The Bertz CT molecular complexity index is 1450. The molecule has 0 aliphatic carbocycles. The minimum absolute atomic E-state index is 0.199. The predicted molar refractivity (Wildman–Crippen MR) is 130 cm³/mol. The zero-order valence-corrected chi connectivity index (χ0v) is 18.4. The minimum Gasteiger partial charge on any atom is -0.347 e. The molecule has 0 aliphatic rings. The molecule has 5 aromatic rings. The highest BCUT2D eigenvalue weighted by atomic mass is 79.9. The number of halogens is 1. The van der Waals surface area contributed by atoms with Gasteiger partial charge >= 0.3 is 0 Å². The quantitative estimate of drug-likeness (QED) is 0.363. The Labute approximate surface area is 187 Å². The molecule has 0 saturated heterocycles. The standard InChI is InChI=1S/C25H21BrN4O/c26-18-8-10-23-19(14-18)20(15-30(23)12-4-11-27)24-25(31)29-22-13-17(7-9-21(22)28-24)16-5-2-1-3-6-16/h1-3,5-10,13-15H,4,11-12,27H2,(H,29,31). The third-order valence-corrected chi connectivity index (χ3v) is 5.99. The Morgan fingerprint density at radius 2 is 1.84 bits per heavy atom. The first kappa shape index (κ1) is 19.7. The molecule has 6 heteroatoms. The number of aryl methyl sites for hydroxylation is 1. The van der Waals surface area contributed by atoms with Gasteiger partial charge in [0.1, 0.15) is 5.69 Å². The number of benzene rings is 3. The van der Waals surface area contributed by atoms with E-state index in [0.29, 0.717) is 12.2 Å². The van der Waals surface area contributed by atoms with Crippen LogP contribution in [-0.4, -0.2) is 21.1 Å². The molecule has 154 valence electrons. The van der Waals surface area contributed by atoms with Gasteiger partial charge in [0, 0.05) is 33.7 Å². The number of aromatic nitrogens is 3. The zero-order valence-electron chi connectivity index (χ0n) is 16.8. The maximum Gasteiger partial charge on any atom is 0.275 e. The molecular weight excluding hydrogens is 452 g/mol. The lowest BCUT2D eigenvalue weighted by molar-refractivity contribution is 0.671. The normalized spacial score (nSPS) is 11.4. The number of fused-ring (bicyclic) bond motifs is 2. The van der Waals surface area contributed by atoms with Crippen LogP contribution in [0.15, 0.2) is 82.2 Å².